The number of carboxylic acids is 2. The third-order valence-electron chi connectivity index (χ3n) is 6.37. The van der Waals surface area contributed by atoms with Crippen molar-refractivity contribution in [3.63, 3.8) is 0 Å². The normalized spacial score (nSPS) is 11.0. The van der Waals surface area contributed by atoms with Crippen LogP contribution in [0.25, 0.3) is 0 Å². The predicted molar refractivity (Wildman–Crippen MR) is 173 cm³/mol. The Morgan fingerprint density at radius 2 is 0.932 bits per heavy atom. The van der Waals surface area contributed by atoms with Crippen LogP contribution < -0.4 is 0 Å². The maximum atomic E-state index is 13.8. The molecule has 0 saturated heterocycles. The van der Waals surface area contributed by atoms with Crippen molar-refractivity contribution in [2.24, 2.45) is 10.2 Å². The summed E-state index contributed by atoms with van der Waals surface area (Å²) in [4.78, 5) is 52.7. The number of carbonyl (C=O) groups is 4. The quantitative estimate of drug-likeness (QED) is 0.0805. The highest BCUT2D eigenvalue weighted by molar-refractivity contribution is 7.99. The largest absolute Gasteiger partial charge is 0.478 e. The highest BCUT2D eigenvalue weighted by Crippen LogP contribution is 2.38. The van der Waals surface area contributed by atoms with E-state index in [2.05, 4.69) is 10.2 Å². The van der Waals surface area contributed by atoms with Crippen molar-refractivity contribution < 1.29 is 29.4 Å². The van der Waals surface area contributed by atoms with E-state index in [0.717, 1.165) is 12.8 Å². The molecular weight excluding hydrogens is 597 g/mol. The van der Waals surface area contributed by atoms with E-state index in [4.69, 9.17) is 0 Å². The molecule has 0 aliphatic carbocycles. The molecule has 44 heavy (non-hydrogen) atoms. The van der Waals surface area contributed by atoms with Crippen LogP contribution in [0.4, 0.5) is 11.4 Å². The lowest BCUT2D eigenvalue weighted by molar-refractivity contribution is 0.0685. The number of aromatic carboxylic acids is 2. The molecule has 4 aromatic carbocycles. The molecule has 4 aromatic rings. The topological polar surface area (TPSA) is 133 Å². The number of ketones is 2. The second kappa shape index (κ2) is 15.3. The van der Waals surface area contributed by atoms with Gasteiger partial charge in [0.2, 0.25) is 0 Å². The number of azo groups is 1. The number of nitrogens with zero attached hydrogens (tertiary/aromatic N) is 2. The number of hydrogen-bond donors (Lipinski definition) is 2. The van der Waals surface area contributed by atoms with E-state index in [-0.39, 0.29) is 45.2 Å². The minimum Gasteiger partial charge on any atom is -0.478 e. The van der Waals surface area contributed by atoms with E-state index in [1.165, 1.54) is 47.8 Å². The summed E-state index contributed by atoms with van der Waals surface area (Å²) < 4.78 is 0. The molecule has 0 aliphatic heterocycles. The Hall–Kier alpha value is -4.54. The molecule has 4 rings (SSSR count). The van der Waals surface area contributed by atoms with Crippen molar-refractivity contribution in [3.05, 3.63) is 118 Å². The van der Waals surface area contributed by atoms with E-state index in [1.807, 2.05) is 13.8 Å². The zero-order valence-corrected chi connectivity index (χ0v) is 25.8. The first-order valence-corrected chi connectivity index (χ1v) is 15.9. The zero-order valence-electron chi connectivity index (χ0n) is 24.1. The van der Waals surface area contributed by atoms with Gasteiger partial charge in [-0.05, 0) is 48.6 Å². The van der Waals surface area contributed by atoms with Gasteiger partial charge in [0.25, 0.3) is 0 Å². The van der Waals surface area contributed by atoms with Gasteiger partial charge in [-0.25, -0.2) is 9.59 Å². The molecule has 0 unspecified atom stereocenters. The Bertz CT molecular complexity index is 1600. The van der Waals surface area contributed by atoms with E-state index < -0.39 is 11.9 Å². The Kier molecular flexibility index (Phi) is 11.2. The first-order chi connectivity index (χ1) is 21.2. The highest BCUT2D eigenvalue weighted by atomic mass is 32.2. The van der Waals surface area contributed by atoms with E-state index >= 15 is 0 Å². The van der Waals surface area contributed by atoms with Crippen LogP contribution in [-0.4, -0.2) is 45.2 Å². The smallest absolute Gasteiger partial charge is 0.335 e. The maximum absolute atomic E-state index is 13.8. The molecule has 0 aromatic heterocycles. The third kappa shape index (κ3) is 7.69. The minimum atomic E-state index is -1.20. The Morgan fingerprint density at radius 3 is 1.25 bits per heavy atom. The Balaban J connectivity index is 1.98. The fourth-order valence-electron chi connectivity index (χ4n) is 4.29. The van der Waals surface area contributed by atoms with Gasteiger partial charge in [-0.3, -0.25) is 9.59 Å². The van der Waals surface area contributed by atoms with E-state index in [9.17, 15) is 29.4 Å². The predicted octanol–water partition coefficient (Wildman–Crippen LogP) is 8.96. The number of rotatable bonds is 14. The van der Waals surface area contributed by atoms with Gasteiger partial charge in [0.05, 0.1) is 33.6 Å². The molecule has 2 N–H and O–H groups in total. The highest BCUT2D eigenvalue weighted by Gasteiger charge is 2.24. The summed E-state index contributed by atoms with van der Waals surface area (Å²) in [7, 11) is 0. The lowest BCUT2D eigenvalue weighted by Crippen LogP contribution is -2.07. The molecule has 0 amide bonds. The standard InChI is InChI=1S/C34H30N2O6S2/c1-3-15-43-27-19-23(33(39)40)17-25(29(27)31(37)21-11-7-5-8-12-21)35-36-26-18-24(34(41)42)20-28(44-16-4-2)30(26)32(38)22-13-9-6-10-14-22/h5-14,17-20H,3-4,15-16H2,1-2H3,(H,39,40)(H,41,42). The molecule has 0 bridgehead atoms. The fraction of sp³-hybridized carbons (Fsp3) is 0.176. The van der Waals surface area contributed by atoms with Crippen molar-refractivity contribution in [2.75, 3.05) is 11.5 Å². The molecule has 10 heteroatoms. The van der Waals surface area contributed by atoms with Gasteiger partial charge < -0.3 is 10.2 Å². The van der Waals surface area contributed by atoms with Crippen LogP contribution in [0.1, 0.15) is 79.2 Å². The maximum Gasteiger partial charge on any atom is 0.335 e. The average Bonchev–Trinajstić information content (AvgIpc) is 3.04. The molecule has 0 saturated carbocycles. The van der Waals surface area contributed by atoms with Crippen LogP contribution in [0.3, 0.4) is 0 Å². The summed E-state index contributed by atoms with van der Waals surface area (Å²) in [5, 5.41) is 28.5. The van der Waals surface area contributed by atoms with Gasteiger partial charge in [0, 0.05) is 20.9 Å². The van der Waals surface area contributed by atoms with Crippen molar-refractivity contribution >= 4 is 58.4 Å². The zero-order chi connectivity index (χ0) is 31.6. The molecule has 8 nitrogen and oxygen atoms in total. The van der Waals surface area contributed by atoms with Gasteiger partial charge in [0.15, 0.2) is 11.6 Å². The summed E-state index contributed by atoms with van der Waals surface area (Å²) in [6.45, 7) is 3.95. The van der Waals surface area contributed by atoms with Crippen LogP contribution in [-0.2, 0) is 0 Å². The summed E-state index contributed by atoms with van der Waals surface area (Å²) in [5.41, 5.74) is 0.955. The minimum absolute atomic E-state index is 0.000967. The van der Waals surface area contributed by atoms with E-state index in [1.54, 1.807) is 60.7 Å². The lowest BCUT2D eigenvalue weighted by Gasteiger charge is -2.14. The number of hydrogen-bond acceptors (Lipinski definition) is 8. The first kappa shape index (κ1) is 32.4. The van der Waals surface area contributed by atoms with Crippen LogP contribution in [0, 0.1) is 0 Å². The van der Waals surface area contributed by atoms with Crippen molar-refractivity contribution in [2.45, 2.75) is 36.5 Å². The van der Waals surface area contributed by atoms with Crippen molar-refractivity contribution in [1.82, 2.24) is 0 Å². The fourth-order valence-corrected chi connectivity index (χ4v) is 6.24. The van der Waals surface area contributed by atoms with Crippen molar-refractivity contribution in [1.29, 1.82) is 0 Å². The summed E-state index contributed by atoms with van der Waals surface area (Å²) in [6.07, 6.45) is 1.56. The number of thioether (sulfide) groups is 2. The number of carbonyl (C=O) groups excluding carboxylic acids is 2. The van der Waals surface area contributed by atoms with Gasteiger partial charge in [-0.2, -0.15) is 0 Å². The van der Waals surface area contributed by atoms with Crippen LogP contribution in [0.2, 0.25) is 0 Å². The molecule has 0 radical (unpaired) electrons. The van der Waals surface area contributed by atoms with Crippen LogP contribution in [0.5, 0.6) is 0 Å². The second-order valence-corrected chi connectivity index (χ2v) is 11.9. The van der Waals surface area contributed by atoms with Crippen LogP contribution in [0.15, 0.2) is 105 Å². The van der Waals surface area contributed by atoms with Gasteiger partial charge >= 0.3 is 11.9 Å². The number of benzene rings is 4. The van der Waals surface area contributed by atoms with Gasteiger partial charge in [-0.1, -0.05) is 74.5 Å². The first-order valence-electron chi connectivity index (χ1n) is 13.9. The SMILES string of the molecule is CCCSc1cc(C(=O)O)cc(N=Nc2cc(C(=O)O)cc(SCCC)c2C(=O)c2ccccc2)c1C(=O)c1ccccc1. The van der Waals surface area contributed by atoms with Gasteiger partial charge in [0.1, 0.15) is 0 Å². The average molecular weight is 627 g/mol. The molecule has 0 fully saturated rings. The van der Waals surface area contributed by atoms with E-state index in [0.29, 0.717) is 32.4 Å². The molecule has 224 valence electrons. The molecule has 0 aliphatic rings. The summed E-state index contributed by atoms with van der Waals surface area (Å²) in [6, 6.07) is 22.6. The molecular formula is C34H30N2O6S2. The molecule has 0 atom stereocenters. The summed E-state index contributed by atoms with van der Waals surface area (Å²) >= 11 is 2.68. The van der Waals surface area contributed by atoms with Crippen LogP contribution >= 0.6 is 23.5 Å². The monoisotopic (exact) mass is 626 g/mol. The molecule has 0 heterocycles. The Morgan fingerprint density at radius 1 is 0.568 bits per heavy atom. The number of carboxylic acid groups (broad SMARTS) is 2. The summed E-state index contributed by atoms with van der Waals surface area (Å²) in [5.74, 6) is -1.89. The second-order valence-electron chi connectivity index (χ2n) is 9.63. The molecule has 0 spiro atoms. The van der Waals surface area contributed by atoms with Gasteiger partial charge in [-0.15, -0.1) is 33.8 Å². The third-order valence-corrected chi connectivity index (χ3v) is 8.86. The Labute approximate surface area is 263 Å². The lowest BCUT2D eigenvalue weighted by atomic mass is 9.99. The van der Waals surface area contributed by atoms with Crippen molar-refractivity contribution in [3.8, 4) is 0 Å².